The molecule has 0 bridgehead atoms. The van der Waals surface area contributed by atoms with E-state index in [1.54, 1.807) is 4.90 Å². The number of hydrogen-bond donors (Lipinski definition) is 1. The van der Waals surface area contributed by atoms with Crippen molar-refractivity contribution in [2.24, 2.45) is 17.3 Å². The third-order valence-electron chi connectivity index (χ3n) is 9.69. The van der Waals surface area contributed by atoms with E-state index in [2.05, 4.69) is 5.32 Å². The summed E-state index contributed by atoms with van der Waals surface area (Å²) in [6.07, 6.45) is 5.92. The van der Waals surface area contributed by atoms with Crippen molar-refractivity contribution in [2.45, 2.75) is 70.7 Å². The van der Waals surface area contributed by atoms with Crippen LogP contribution in [-0.2, 0) is 36.9 Å². The molecule has 2 aliphatic heterocycles. The average Bonchev–Trinajstić information content (AvgIpc) is 3.58. The van der Waals surface area contributed by atoms with Crippen LogP contribution in [0.15, 0.2) is 84.6 Å². The van der Waals surface area contributed by atoms with E-state index in [-0.39, 0.29) is 30.8 Å². The largest absolute Gasteiger partial charge is 0.468 e. The van der Waals surface area contributed by atoms with Crippen molar-refractivity contribution in [2.75, 3.05) is 7.11 Å². The van der Waals surface area contributed by atoms with E-state index in [0.717, 1.165) is 47.6 Å². The maximum absolute atomic E-state index is 14.3. The average molecular weight is 581 g/mol. The summed E-state index contributed by atoms with van der Waals surface area (Å²) in [5.74, 6) is -1.15. The minimum atomic E-state index is -1.19. The minimum Gasteiger partial charge on any atom is -0.468 e. The van der Waals surface area contributed by atoms with Gasteiger partial charge in [0.05, 0.1) is 25.9 Å². The molecule has 1 aliphatic carbocycles. The Kier molecular flexibility index (Phi) is 8.35. The lowest BCUT2D eigenvalue weighted by atomic mass is 9.66. The number of fused-ring (bicyclic) bond motifs is 2. The molecule has 4 atom stereocenters. The quantitative estimate of drug-likeness (QED) is 0.335. The summed E-state index contributed by atoms with van der Waals surface area (Å²) in [6.45, 7) is 2.58. The van der Waals surface area contributed by atoms with E-state index in [1.165, 1.54) is 7.11 Å². The molecular weight excluding hydrogens is 540 g/mol. The zero-order chi connectivity index (χ0) is 30.0. The van der Waals surface area contributed by atoms with Crippen LogP contribution in [0.3, 0.4) is 0 Å². The summed E-state index contributed by atoms with van der Waals surface area (Å²) in [6, 6.07) is 23.9. The molecule has 6 rings (SSSR count). The SMILES string of the molecule is COC(=O)[C@]12C[C@H](CC(=O)NCc3cccc4ccccc34)C(=O)N(Cc3ccccc3)C1=C[C@H](C1CCCC1)O[C@@H]2C. The van der Waals surface area contributed by atoms with Gasteiger partial charge in [-0.1, -0.05) is 85.6 Å². The lowest BCUT2D eigenvalue weighted by Gasteiger charge is -2.52. The maximum atomic E-state index is 14.3. The van der Waals surface area contributed by atoms with Crippen molar-refractivity contribution in [3.05, 3.63) is 95.7 Å². The third-order valence-corrected chi connectivity index (χ3v) is 9.69. The predicted molar refractivity (Wildman–Crippen MR) is 164 cm³/mol. The zero-order valence-corrected chi connectivity index (χ0v) is 25.0. The Bertz CT molecular complexity index is 1520. The van der Waals surface area contributed by atoms with Crippen LogP contribution in [-0.4, -0.2) is 42.0 Å². The highest BCUT2D eigenvalue weighted by molar-refractivity contribution is 5.93. The van der Waals surface area contributed by atoms with E-state index in [9.17, 15) is 14.4 Å². The van der Waals surface area contributed by atoms with Gasteiger partial charge < -0.3 is 19.7 Å². The second-order valence-corrected chi connectivity index (χ2v) is 12.2. The molecule has 3 aliphatic rings. The number of carbonyl (C=O) groups excluding carboxylic acids is 3. The molecule has 3 aromatic rings. The van der Waals surface area contributed by atoms with Gasteiger partial charge in [-0.05, 0) is 60.1 Å². The molecule has 1 saturated heterocycles. The van der Waals surface area contributed by atoms with Crippen molar-refractivity contribution in [1.29, 1.82) is 0 Å². The molecule has 7 nitrogen and oxygen atoms in total. The van der Waals surface area contributed by atoms with Gasteiger partial charge in [-0.15, -0.1) is 0 Å². The van der Waals surface area contributed by atoms with Crippen molar-refractivity contribution in [3.63, 3.8) is 0 Å². The van der Waals surface area contributed by atoms with Crippen LogP contribution in [0.25, 0.3) is 10.8 Å². The Morgan fingerprint density at radius 2 is 1.72 bits per heavy atom. The summed E-state index contributed by atoms with van der Waals surface area (Å²) in [7, 11) is 1.38. The number of nitrogens with one attached hydrogen (secondary N) is 1. The molecule has 3 aromatic carbocycles. The Hall–Kier alpha value is -3.97. The summed E-state index contributed by atoms with van der Waals surface area (Å²) in [5, 5.41) is 5.22. The van der Waals surface area contributed by atoms with Gasteiger partial charge in [-0.3, -0.25) is 14.4 Å². The number of benzene rings is 3. The standard InChI is InChI=1S/C36H40N2O5/c1-24-36(35(41)42-2)21-29(19-33(39)37-22-28-17-10-16-26-13-8-9-18-30(26)28)34(40)38(23-25-11-4-3-5-12-25)32(36)20-31(43-24)27-14-6-7-15-27/h3-5,8-13,16-18,20,24,27,29,31H,6-7,14-15,19,21-23H2,1-2H3,(H,37,39)/t24-,29+,31-,36+/m1/s1. The maximum Gasteiger partial charge on any atom is 0.320 e. The fourth-order valence-corrected chi connectivity index (χ4v) is 7.41. The Morgan fingerprint density at radius 3 is 2.49 bits per heavy atom. The Morgan fingerprint density at radius 1 is 1.00 bits per heavy atom. The number of carbonyl (C=O) groups is 3. The first-order valence-electron chi connectivity index (χ1n) is 15.5. The molecule has 2 fully saturated rings. The molecule has 0 unspecified atom stereocenters. The van der Waals surface area contributed by atoms with Gasteiger partial charge in [0.1, 0.15) is 5.41 Å². The Balaban J connectivity index is 1.30. The summed E-state index contributed by atoms with van der Waals surface area (Å²) >= 11 is 0. The number of esters is 1. The number of piperidine rings is 1. The fourth-order valence-electron chi connectivity index (χ4n) is 7.41. The molecular formula is C36H40N2O5. The van der Waals surface area contributed by atoms with E-state index in [1.807, 2.05) is 85.8 Å². The topological polar surface area (TPSA) is 84.9 Å². The molecule has 0 aromatic heterocycles. The molecule has 2 amide bonds. The highest BCUT2D eigenvalue weighted by Crippen LogP contribution is 2.52. The highest BCUT2D eigenvalue weighted by Gasteiger charge is 2.60. The summed E-state index contributed by atoms with van der Waals surface area (Å²) in [4.78, 5) is 43.2. The van der Waals surface area contributed by atoms with Crippen LogP contribution in [0.2, 0.25) is 0 Å². The first-order valence-corrected chi connectivity index (χ1v) is 15.5. The first kappa shape index (κ1) is 29.1. The second-order valence-electron chi connectivity index (χ2n) is 12.2. The Labute approximate surface area is 253 Å². The van der Waals surface area contributed by atoms with E-state index in [0.29, 0.717) is 24.7 Å². The number of likely N-dealkylation sites (tertiary alicyclic amines) is 1. The lowest BCUT2D eigenvalue weighted by molar-refractivity contribution is -0.178. The molecule has 1 N–H and O–H groups in total. The van der Waals surface area contributed by atoms with Crippen molar-refractivity contribution < 1.29 is 23.9 Å². The van der Waals surface area contributed by atoms with Gasteiger partial charge >= 0.3 is 5.97 Å². The zero-order valence-electron chi connectivity index (χ0n) is 25.0. The first-order chi connectivity index (χ1) is 20.9. The van der Waals surface area contributed by atoms with Crippen LogP contribution in [0, 0.1) is 17.3 Å². The molecule has 0 radical (unpaired) electrons. The number of hydrogen-bond acceptors (Lipinski definition) is 5. The number of ether oxygens (including phenoxy) is 2. The van der Waals surface area contributed by atoms with Gasteiger partial charge in [-0.2, -0.15) is 0 Å². The molecule has 1 saturated carbocycles. The van der Waals surface area contributed by atoms with Gasteiger partial charge in [0.2, 0.25) is 11.8 Å². The van der Waals surface area contributed by atoms with Gasteiger partial charge in [-0.25, -0.2) is 0 Å². The van der Waals surface area contributed by atoms with Crippen molar-refractivity contribution >= 4 is 28.6 Å². The number of rotatable bonds is 8. The van der Waals surface area contributed by atoms with E-state index < -0.39 is 23.4 Å². The third kappa shape index (κ3) is 5.58. The van der Waals surface area contributed by atoms with Gasteiger partial charge in [0.25, 0.3) is 0 Å². The molecule has 0 spiro atoms. The van der Waals surface area contributed by atoms with Gasteiger partial charge in [0.15, 0.2) is 0 Å². The van der Waals surface area contributed by atoms with Gasteiger partial charge in [0, 0.05) is 24.6 Å². The van der Waals surface area contributed by atoms with Crippen LogP contribution in [0.5, 0.6) is 0 Å². The summed E-state index contributed by atoms with van der Waals surface area (Å²) < 4.78 is 12.0. The molecule has 43 heavy (non-hydrogen) atoms. The lowest BCUT2D eigenvalue weighted by Crippen LogP contribution is -2.60. The number of amides is 2. The van der Waals surface area contributed by atoms with Crippen molar-refractivity contribution in [1.82, 2.24) is 10.2 Å². The van der Waals surface area contributed by atoms with Crippen LogP contribution in [0.1, 0.15) is 56.6 Å². The second kappa shape index (κ2) is 12.3. The monoisotopic (exact) mass is 580 g/mol. The van der Waals surface area contributed by atoms with Crippen LogP contribution >= 0.6 is 0 Å². The predicted octanol–water partition coefficient (Wildman–Crippen LogP) is 5.92. The normalized spacial score (nSPS) is 25.7. The highest BCUT2D eigenvalue weighted by atomic mass is 16.5. The molecule has 224 valence electrons. The molecule has 2 heterocycles. The van der Waals surface area contributed by atoms with E-state index >= 15 is 0 Å². The van der Waals surface area contributed by atoms with Crippen LogP contribution < -0.4 is 5.32 Å². The number of methoxy groups -OCH3 is 1. The number of nitrogens with zero attached hydrogens (tertiary/aromatic N) is 1. The fraction of sp³-hybridized carbons (Fsp3) is 0.417. The smallest absolute Gasteiger partial charge is 0.320 e. The molecule has 7 heteroatoms. The summed E-state index contributed by atoms with van der Waals surface area (Å²) in [5.41, 5.74) is 1.44. The van der Waals surface area contributed by atoms with Crippen LogP contribution in [0.4, 0.5) is 0 Å². The van der Waals surface area contributed by atoms with Crippen molar-refractivity contribution in [3.8, 4) is 0 Å². The minimum absolute atomic E-state index is 0.0281. The van der Waals surface area contributed by atoms with E-state index in [4.69, 9.17) is 9.47 Å².